The number of hydrogen-bond acceptors (Lipinski definition) is 6. The van der Waals surface area contributed by atoms with Gasteiger partial charge in [0.1, 0.15) is 5.75 Å². The van der Waals surface area contributed by atoms with Crippen molar-refractivity contribution in [2.24, 2.45) is 5.92 Å². The lowest BCUT2D eigenvalue weighted by Crippen LogP contribution is -2.35. The van der Waals surface area contributed by atoms with Crippen LogP contribution in [0.5, 0.6) is 5.75 Å². The first-order valence-corrected chi connectivity index (χ1v) is 8.40. The number of carbonyl (C=O) groups is 2. The minimum atomic E-state index is -0.360. The molecule has 1 aliphatic rings. The molecule has 8 nitrogen and oxygen atoms in total. The molecule has 26 heavy (non-hydrogen) atoms. The molecule has 0 spiro atoms. The van der Waals surface area contributed by atoms with Crippen molar-refractivity contribution in [3.63, 3.8) is 0 Å². The number of carbonyl (C=O) groups excluding carboxylic acids is 2. The summed E-state index contributed by atoms with van der Waals surface area (Å²) in [6.07, 6.45) is 3.49. The molecule has 1 atom stereocenters. The molecule has 3 rings (SSSR count). The zero-order valence-electron chi connectivity index (χ0n) is 14.5. The van der Waals surface area contributed by atoms with Crippen molar-refractivity contribution in [2.45, 2.75) is 6.42 Å². The van der Waals surface area contributed by atoms with E-state index in [-0.39, 0.29) is 24.2 Å². The van der Waals surface area contributed by atoms with Crippen LogP contribution in [0.2, 0.25) is 0 Å². The number of rotatable bonds is 7. The van der Waals surface area contributed by atoms with Gasteiger partial charge in [0.2, 0.25) is 17.8 Å². The van der Waals surface area contributed by atoms with Gasteiger partial charge in [-0.25, -0.2) is 9.97 Å². The molecule has 8 heteroatoms. The Morgan fingerprint density at radius 3 is 2.85 bits per heavy atom. The molecule has 1 aliphatic heterocycles. The molecule has 0 aliphatic carbocycles. The standard InChI is InChI=1S/C18H21N5O3/c1-26-15-5-2-4-14(11-15)23-12-13(10-16(23)24)17(25)19-8-9-22-18-20-6-3-7-21-18/h2-7,11,13H,8-10,12H2,1H3,(H,19,25)(H,20,21,22). The molecule has 0 bridgehead atoms. The predicted molar refractivity (Wildman–Crippen MR) is 97.0 cm³/mol. The maximum absolute atomic E-state index is 12.3. The lowest BCUT2D eigenvalue weighted by molar-refractivity contribution is -0.126. The summed E-state index contributed by atoms with van der Waals surface area (Å²) in [4.78, 5) is 34.3. The van der Waals surface area contributed by atoms with E-state index in [0.29, 0.717) is 31.3 Å². The number of nitrogens with one attached hydrogen (secondary N) is 2. The van der Waals surface area contributed by atoms with Crippen molar-refractivity contribution >= 4 is 23.5 Å². The van der Waals surface area contributed by atoms with Crippen molar-refractivity contribution in [3.05, 3.63) is 42.7 Å². The first-order chi connectivity index (χ1) is 12.7. The second-order valence-electron chi connectivity index (χ2n) is 5.90. The van der Waals surface area contributed by atoms with Crippen LogP contribution < -0.4 is 20.3 Å². The monoisotopic (exact) mass is 355 g/mol. The summed E-state index contributed by atoms with van der Waals surface area (Å²) in [6.45, 7) is 1.31. The number of benzene rings is 1. The topological polar surface area (TPSA) is 96.5 Å². The summed E-state index contributed by atoms with van der Waals surface area (Å²) in [5.74, 6) is 0.648. The number of ether oxygens (including phenoxy) is 1. The molecule has 2 N–H and O–H groups in total. The third-order valence-corrected chi connectivity index (χ3v) is 4.13. The van der Waals surface area contributed by atoms with E-state index in [1.54, 1.807) is 36.5 Å². The first kappa shape index (κ1) is 17.7. The van der Waals surface area contributed by atoms with Gasteiger partial charge >= 0.3 is 0 Å². The molecular formula is C18H21N5O3. The zero-order chi connectivity index (χ0) is 18.4. The minimum Gasteiger partial charge on any atom is -0.497 e. The van der Waals surface area contributed by atoms with E-state index in [4.69, 9.17) is 4.74 Å². The second kappa shape index (κ2) is 8.28. The van der Waals surface area contributed by atoms with Crippen molar-refractivity contribution in [2.75, 3.05) is 37.0 Å². The fourth-order valence-corrected chi connectivity index (χ4v) is 2.81. The third kappa shape index (κ3) is 4.27. The van der Waals surface area contributed by atoms with Gasteiger partial charge in [-0.05, 0) is 18.2 Å². The largest absolute Gasteiger partial charge is 0.497 e. The van der Waals surface area contributed by atoms with Crippen molar-refractivity contribution in [1.29, 1.82) is 0 Å². The highest BCUT2D eigenvalue weighted by molar-refractivity contribution is 6.00. The second-order valence-corrected chi connectivity index (χ2v) is 5.90. The summed E-state index contributed by atoms with van der Waals surface area (Å²) in [5.41, 5.74) is 0.743. The maximum Gasteiger partial charge on any atom is 0.227 e. The Morgan fingerprint density at radius 1 is 1.27 bits per heavy atom. The number of nitrogens with zero attached hydrogens (tertiary/aromatic N) is 3. The van der Waals surface area contributed by atoms with E-state index in [0.717, 1.165) is 5.69 Å². The van der Waals surface area contributed by atoms with Crippen molar-refractivity contribution in [1.82, 2.24) is 15.3 Å². The fraction of sp³-hybridized carbons (Fsp3) is 0.333. The Hall–Kier alpha value is -3.16. The van der Waals surface area contributed by atoms with E-state index in [1.807, 2.05) is 18.2 Å². The molecule has 1 saturated heterocycles. The summed E-state index contributed by atoms with van der Waals surface area (Å²) in [7, 11) is 1.58. The van der Waals surface area contributed by atoms with E-state index < -0.39 is 0 Å². The molecule has 136 valence electrons. The van der Waals surface area contributed by atoms with Gasteiger partial charge < -0.3 is 20.3 Å². The Balaban J connectivity index is 1.49. The SMILES string of the molecule is COc1cccc(N2CC(C(=O)NCCNc3ncccn3)CC2=O)c1. The van der Waals surface area contributed by atoms with Crippen LogP contribution in [0, 0.1) is 5.92 Å². The Kier molecular flexibility index (Phi) is 5.62. The predicted octanol–water partition coefficient (Wildman–Crippen LogP) is 1.07. The Bertz CT molecular complexity index is 768. The number of aromatic nitrogens is 2. The van der Waals surface area contributed by atoms with Gasteiger partial charge in [0.05, 0.1) is 13.0 Å². The van der Waals surface area contributed by atoms with E-state index in [9.17, 15) is 9.59 Å². The molecule has 2 amide bonds. The molecule has 2 heterocycles. The van der Waals surface area contributed by atoms with Gasteiger partial charge in [-0.2, -0.15) is 0 Å². The lowest BCUT2D eigenvalue weighted by Gasteiger charge is -2.17. The van der Waals surface area contributed by atoms with Crippen LogP contribution >= 0.6 is 0 Å². The summed E-state index contributed by atoms with van der Waals surface area (Å²) >= 11 is 0. The van der Waals surface area contributed by atoms with Crippen LogP contribution in [0.15, 0.2) is 42.7 Å². The van der Waals surface area contributed by atoms with Crippen LogP contribution in [-0.4, -0.2) is 48.5 Å². The Morgan fingerprint density at radius 2 is 2.08 bits per heavy atom. The molecule has 0 saturated carbocycles. The van der Waals surface area contributed by atoms with Gasteiger partial charge in [0, 0.05) is 50.2 Å². The van der Waals surface area contributed by atoms with Crippen LogP contribution in [-0.2, 0) is 9.59 Å². The third-order valence-electron chi connectivity index (χ3n) is 4.13. The molecule has 1 unspecified atom stereocenters. The maximum atomic E-state index is 12.3. The lowest BCUT2D eigenvalue weighted by atomic mass is 10.1. The van der Waals surface area contributed by atoms with Crippen LogP contribution in [0.4, 0.5) is 11.6 Å². The molecular weight excluding hydrogens is 334 g/mol. The summed E-state index contributed by atoms with van der Waals surface area (Å²) in [6, 6.07) is 9.01. The highest BCUT2D eigenvalue weighted by Gasteiger charge is 2.35. The number of hydrogen-bond donors (Lipinski definition) is 2. The van der Waals surface area contributed by atoms with Crippen molar-refractivity contribution < 1.29 is 14.3 Å². The quantitative estimate of drug-likeness (QED) is 0.721. The summed E-state index contributed by atoms with van der Waals surface area (Å²) in [5, 5.41) is 5.87. The molecule has 1 fully saturated rings. The van der Waals surface area contributed by atoms with E-state index in [2.05, 4.69) is 20.6 Å². The van der Waals surface area contributed by atoms with Gasteiger partial charge in [-0.1, -0.05) is 6.07 Å². The highest BCUT2D eigenvalue weighted by atomic mass is 16.5. The fourth-order valence-electron chi connectivity index (χ4n) is 2.81. The number of anilines is 2. The minimum absolute atomic E-state index is 0.0609. The Labute approximate surface area is 151 Å². The van der Waals surface area contributed by atoms with Crippen molar-refractivity contribution in [3.8, 4) is 5.75 Å². The van der Waals surface area contributed by atoms with Gasteiger partial charge in [0.15, 0.2) is 0 Å². The molecule has 2 aromatic rings. The smallest absolute Gasteiger partial charge is 0.227 e. The molecule has 0 radical (unpaired) electrons. The highest BCUT2D eigenvalue weighted by Crippen LogP contribution is 2.27. The number of methoxy groups -OCH3 is 1. The first-order valence-electron chi connectivity index (χ1n) is 8.40. The van der Waals surface area contributed by atoms with Gasteiger partial charge in [-0.15, -0.1) is 0 Å². The van der Waals surface area contributed by atoms with Gasteiger partial charge in [-0.3, -0.25) is 9.59 Å². The van der Waals surface area contributed by atoms with Crippen LogP contribution in [0.25, 0.3) is 0 Å². The van der Waals surface area contributed by atoms with Crippen LogP contribution in [0.3, 0.4) is 0 Å². The average molecular weight is 355 g/mol. The van der Waals surface area contributed by atoms with Gasteiger partial charge in [0.25, 0.3) is 0 Å². The molecule has 1 aromatic heterocycles. The molecule has 1 aromatic carbocycles. The summed E-state index contributed by atoms with van der Waals surface area (Å²) < 4.78 is 5.19. The average Bonchev–Trinajstić information content (AvgIpc) is 3.08. The number of amides is 2. The van der Waals surface area contributed by atoms with E-state index >= 15 is 0 Å². The van der Waals surface area contributed by atoms with Crippen LogP contribution in [0.1, 0.15) is 6.42 Å². The zero-order valence-corrected chi connectivity index (χ0v) is 14.5. The van der Waals surface area contributed by atoms with E-state index in [1.165, 1.54) is 0 Å². The normalized spacial score (nSPS) is 16.4.